The van der Waals surface area contributed by atoms with Gasteiger partial charge in [0.15, 0.2) is 0 Å². The Morgan fingerprint density at radius 3 is 2.15 bits per heavy atom. The largest absolute Gasteiger partial charge is 0.261 e. The van der Waals surface area contributed by atoms with E-state index < -0.39 is 0 Å². The van der Waals surface area contributed by atoms with E-state index in [0.29, 0.717) is 0 Å². The number of hydrogen-bond donors (Lipinski definition) is 0. The minimum atomic E-state index is 0.243. The van der Waals surface area contributed by atoms with E-state index >= 15 is 0 Å². The fourth-order valence-electron chi connectivity index (χ4n) is 2.42. The SMILES string of the molecule is c1ccc(CC(c2ccccc2)c2cnccn2)cc1. The van der Waals surface area contributed by atoms with Crippen molar-refractivity contribution in [2.75, 3.05) is 0 Å². The van der Waals surface area contributed by atoms with Gasteiger partial charge in [0, 0.05) is 24.5 Å². The first-order chi connectivity index (χ1) is 9.93. The summed E-state index contributed by atoms with van der Waals surface area (Å²) < 4.78 is 0. The lowest BCUT2D eigenvalue weighted by Crippen LogP contribution is -2.07. The van der Waals surface area contributed by atoms with Crippen molar-refractivity contribution in [1.82, 2.24) is 9.97 Å². The maximum Gasteiger partial charge on any atom is 0.0664 e. The standard InChI is InChI=1S/C18H16N2/c1-3-7-15(8-4-1)13-17(16-9-5-2-6-10-16)18-14-19-11-12-20-18/h1-12,14,17H,13H2. The monoisotopic (exact) mass is 260 g/mol. The van der Waals surface area contributed by atoms with Gasteiger partial charge in [0.1, 0.15) is 0 Å². The van der Waals surface area contributed by atoms with Crippen molar-refractivity contribution in [3.05, 3.63) is 96.1 Å². The molecule has 3 aromatic rings. The number of benzene rings is 2. The molecule has 0 aliphatic rings. The van der Waals surface area contributed by atoms with Crippen LogP contribution in [0, 0.1) is 0 Å². The van der Waals surface area contributed by atoms with E-state index in [1.807, 2.05) is 18.3 Å². The van der Waals surface area contributed by atoms with Gasteiger partial charge in [-0.15, -0.1) is 0 Å². The average molecular weight is 260 g/mol. The minimum Gasteiger partial charge on any atom is -0.261 e. The van der Waals surface area contributed by atoms with Gasteiger partial charge in [-0.05, 0) is 17.5 Å². The van der Waals surface area contributed by atoms with E-state index in [1.165, 1.54) is 11.1 Å². The summed E-state index contributed by atoms with van der Waals surface area (Å²) in [6, 6.07) is 21.0. The Kier molecular flexibility index (Phi) is 3.83. The second kappa shape index (κ2) is 6.11. The van der Waals surface area contributed by atoms with E-state index in [4.69, 9.17) is 0 Å². The van der Waals surface area contributed by atoms with E-state index in [2.05, 4.69) is 58.5 Å². The highest BCUT2D eigenvalue weighted by Crippen LogP contribution is 2.26. The smallest absolute Gasteiger partial charge is 0.0664 e. The molecule has 0 saturated heterocycles. The molecular formula is C18H16N2. The molecule has 0 bridgehead atoms. The molecule has 1 atom stereocenters. The lowest BCUT2D eigenvalue weighted by atomic mass is 9.89. The summed E-state index contributed by atoms with van der Waals surface area (Å²) >= 11 is 0. The van der Waals surface area contributed by atoms with Crippen LogP contribution in [0.5, 0.6) is 0 Å². The predicted molar refractivity (Wildman–Crippen MR) is 80.5 cm³/mol. The summed E-state index contributed by atoms with van der Waals surface area (Å²) in [7, 11) is 0. The van der Waals surface area contributed by atoms with Gasteiger partial charge in [0.2, 0.25) is 0 Å². The fraction of sp³-hybridized carbons (Fsp3) is 0.111. The van der Waals surface area contributed by atoms with Crippen LogP contribution in [0.3, 0.4) is 0 Å². The van der Waals surface area contributed by atoms with Crippen LogP contribution in [-0.4, -0.2) is 9.97 Å². The molecule has 98 valence electrons. The molecule has 2 aromatic carbocycles. The van der Waals surface area contributed by atoms with Gasteiger partial charge in [-0.25, -0.2) is 0 Å². The number of hydrogen-bond acceptors (Lipinski definition) is 2. The molecule has 0 radical (unpaired) electrons. The van der Waals surface area contributed by atoms with Crippen molar-refractivity contribution in [3.63, 3.8) is 0 Å². The number of nitrogens with zero attached hydrogens (tertiary/aromatic N) is 2. The normalized spacial score (nSPS) is 12.0. The lowest BCUT2D eigenvalue weighted by Gasteiger charge is -2.16. The molecule has 1 unspecified atom stereocenters. The lowest BCUT2D eigenvalue weighted by molar-refractivity contribution is 0.766. The summed E-state index contributed by atoms with van der Waals surface area (Å²) in [6.07, 6.45) is 6.27. The summed E-state index contributed by atoms with van der Waals surface area (Å²) in [5, 5.41) is 0. The molecule has 20 heavy (non-hydrogen) atoms. The number of aromatic nitrogens is 2. The highest BCUT2D eigenvalue weighted by atomic mass is 14.8. The van der Waals surface area contributed by atoms with Crippen molar-refractivity contribution in [3.8, 4) is 0 Å². The Morgan fingerprint density at radius 1 is 0.800 bits per heavy atom. The van der Waals surface area contributed by atoms with Crippen LogP contribution in [0.25, 0.3) is 0 Å². The summed E-state index contributed by atoms with van der Waals surface area (Å²) in [5.41, 5.74) is 3.60. The minimum absolute atomic E-state index is 0.243. The first-order valence-corrected chi connectivity index (χ1v) is 6.78. The van der Waals surface area contributed by atoms with Crippen LogP contribution in [0.1, 0.15) is 22.7 Å². The molecule has 2 nitrogen and oxygen atoms in total. The predicted octanol–water partition coefficient (Wildman–Crippen LogP) is 3.85. The molecule has 0 spiro atoms. The second-order valence-electron chi connectivity index (χ2n) is 4.78. The third kappa shape index (κ3) is 2.91. The highest BCUT2D eigenvalue weighted by Gasteiger charge is 2.16. The number of rotatable bonds is 4. The maximum atomic E-state index is 4.49. The van der Waals surface area contributed by atoms with Crippen molar-refractivity contribution < 1.29 is 0 Å². The van der Waals surface area contributed by atoms with Crippen LogP contribution in [0.2, 0.25) is 0 Å². The first-order valence-electron chi connectivity index (χ1n) is 6.78. The molecule has 3 rings (SSSR count). The molecule has 0 N–H and O–H groups in total. The summed E-state index contributed by atoms with van der Waals surface area (Å²) in [5.74, 6) is 0.243. The van der Waals surface area contributed by atoms with Gasteiger partial charge in [0.25, 0.3) is 0 Å². The zero-order valence-corrected chi connectivity index (χ0v) is 11.2. The average Bonchev–Trinajstić information content (AvgIpc) is 2.55. The van der Waals surface area contributed by atoms with Crippen LogP contribution in [0.15, 0.2) is 79.3 Å². The molecule has 0 amide bonds. The first kappa shape index (κ1) is 12.5. The van der Waals surface area contributed by atoms with Gasteiger partial charge in [-0.3, -0.25) is 9.97 Å². The highest BCUT2D eigenvalue weighted by molar-refractivity contribution is 5.30. The van der Waals surface area contributed by atoms with Gasteiger partial charge < -0.3 is 0 Å². The van der Waals surface area contributed by atoms with E-state index in [0.717, 1.165) is 12.1 Å². The third-order valence-corrected chi connectivity index (χ3v) is 3.42. The van der Waals surface area contributed by atoms with Crippen molar-refractivity contribution >= 4 is 0 Å². The Bertz CT molecular complexity index is 597. The van der Waals surface area contributed by atoms with Crippen LogP contribution >= 0.6 is 0 Å². The molecule has 2 heteroatoms. The molecule has 0 saturated carbocycles. The van der Waals surface area contributed by atoms with Crippen LogP contribution in [0.4, 0.5) is 0 Å². The molecular weight excluding hydrogens is 244 g/mol. The Hall–Kier alpha value is -2.48. The van der Waals surface area contributed by atoms with Gasteiger partial charge in [-0.1, -0.05) is 60.7 Å². The van der Waals surface area contributed by atoms with Gasteiger partial charge in [0.05, 0.1) is 5.69 Å². The molecule has 1 aromatic heterocycles. The zero-order valence-electron chi connectivity index (χ0n) is 11.2. The Balaban J connectivity index is 1.96. The fourth-order valence-corrected chi connectivity index (χ4v) is 2.42. The van der Waals surface area contributed by atoms with E-state index in [1.54, 1.807) is 12.4 Å². The van der Waals surface area contributed by atoms with Crippen LogP contribution in [-0.2, 0) is 6.42 Å². The van der Waals surface area contributed by atoms with E-state index in [9.17, 15) is 0 Å². The second-order valence-corrected chi connectivity index (χ2v) is 4.78. The van der Waals surface area contributed by atoms with Crippen molar-refractivity contribution in [1.29, 1.82) is 0 Å². The van der Waals surface area contributed by atoms with Gasteiger partial charge in [-0.2, -0.15) is 0 Å². The molecule has 0 aliphatic carbocycles. The summed E-state index contributed by atoms with van der Waals surface area (Å²) in [4.78, 5) is 8.70. The molecule has 1 heterocycles. The molecule has 0 aliphatic heterocycles. The van der Waals surface area contributed by atoms with Gasteiger partial charge >= 0.3 is 0 Å². The van der Waals surface area contributed by atoms with Crippen molar-refractivity contribution in [2.24, 2.45) is 0 Å². The topological polar surface area (TPSA) is 25.8 Å². The third-order valence-electron chi connectivity index (χ3n) is 3.42. The van der Waals surface area contributed by atoms with Crippen molar-refractivity contribution in [2.45, 2.75) is 12.3 Å². The maximum absolute atomic E-state index is 4.49. The van der Waals surface area contributed by atoms with Crippen LogP contribution < -0.4 is 0 Å². The Labute approximate surface area is 119 Å². The quantitative estimate of drug-likeness (QED) is 0.712. The summed E-state index contributed by atoms with van der Waals surface area (Å²) in [6.45, 7) is 0. The molecule has 0 fully saturated rings. The van der Waals surface area contributed by atoms with E-state index in [-0.39, 0.29) is 5.92 Å². The Morgan fingerprint density at radius 2 is 1.50 bits per heavy atom. The zero-order chi connectivity index (χ0) is 13.6.